The summed E-state index contributed by atoms with van der Waals surface area (Å²) in [5.41, 5.74) is 2.74. The Balaban J connectivity index is 1.24. The number of pyridine rings is 1. The van der Waals surface area contributed by atoms with E-state index in [0.717, 1.165) is 12.8 Å². The fraction of sp³-hybridized carbons (Fsp3) is 0.257. The van der Waals surface area contributed by atoms with Crippen molar-refractivity contribution in [2.45, 2.75) is 51.9 Å². The van der Waals surface area contributed by atoms with Gasteiger partial charge in [0.2, 0.25) is 0 Å². The van der Waals surface area contributed by atoms with Gasteiger partial charge >= 0.3 is 0 Å². The van der Waals surface area contributed by atoms with Crippen LogP contribution in [-0.2, 0) is 18.8 Å². The molecule has 1 atom stereocenters. The molecule has 3 aromatic carbocycles. The first-order valence-electron chi connectivity index (χ1n) is 14.6. The van der Waals surface area contributed by atoms with Crippen molar-refractivity contribution in [1.82, 2.24) is 14.5 Å². The molecule has 1 aliphatic heterocycles. The van der Waals surface area contributed by atoms with Crippen LogP contribution in [0.1, 0.15) is 60.5 Å². The molecule has 1 unspecified atom stereocenters. The van der Waals surface area contributed by atoms with Gasteiger partial charge in [-0.15, -0.1) is 0 Å². The lowest BCUT2D eigenvalue weighted by atomic mass is 10.00. The summed E-state index contributed by atoms with van der Waals surface area (Å²) in [6.07, 6.45) is 3.51. The number of ether oxygens (including phenoxy) is 2. The van der Waals surface area contributed by atoms with Gasteiger partial charge in [0.25, 0.3) is 5.79 Å². The highest BCUT2D eigenvalue weighted by Crippen LogP contribution is 2.51. The van der Waals surface area contributed by atoms with Crippen LogP contribution in [0.2, 0.25) is 5.02 Å². The Labute approximate surface area is 263 Å². The van der Waals surface area contributed by atoms with Gasteiger partial charge in [0.1, 0.15) is 23.2 Å². The minimum Gasteiger partial charge on any atom is -0.443 e. The molecule has 45 heavy (non-hydrogen) atoms. The average molecular weight is 625 g/mol. The molecule has 0 spiro atoms. The number of ketones is 1. The van der Waals surface area contributed by atoms with Crippen molar-refractivity contribution in [2.24, 2.45) is 5.41 Å². The van der Waals surface area contributed by atoms with Crippen LogP contribution in [0.25, 0.3) is 22.2 Å². The first-order chi connectivity index (χ1) is 21.6. The van der Waals surface area contributed by atoms with Crippen molar-refractivity contribution >= 4 is 28.4 Å². The molecule has 1 saturated carbocycles. The predicted octanol–water partition coefficient (Wildman–Crippen LogP) is 8.16. The zero-order chi connectivity index (χ0) is 31.5. The molecule has 1 aliphatic carbocycles. The van der Waals surface area contributed by atoms with Crippen LogP contribution in [0.3, 0.4) is 0 Å². The van der Waals surface area contributed by atoms with Crippen molar-refractivity contribution in [3.05, 3.63) is 106 Å². The van der Waals surface area contributed by atoms with Crippen LogP contribution < -0.4 is 9.47 Å². The molecular formula is C35H27ClF2N4O3. The normalized spacial score (nSPS) is 17.8. The maximum atomic E-state index is 15.9. The fourth-order valence-electron chi connectivity index (χ4n) is 5.96. The second-order valence-electron chi connectivity index (χ2n) is 11.9. The molecule has 7 rings (SSSR count). The SMILES string of the molecule is CC(=O)c1ccc2nc(Cc3c(F)cc(-c4cccc5c4OC(C)(c4ccc(Cl)cn4)O5)cc3F)n(CC3(CC#N)CC3)c2c1. The number of para-hydroxylation sites is 1. The molecule has 226 valence electrons. The van der Waals surface area contributed by atoms with Gasteiger partial charge in [-0.3, -0.25) is 9.78 Å². The van der Waals surface area contributed by atoms with Crippen LogP contribution in [0.5, 0.6) is 11.5 Å². The number of nitrogens with zero attached hydrogens (tertiary/aromatic N) is 4. The highest BCUT2D eigenvalue weighted by atomic mass is 35.5. The molecule has 0 N–H and O–H groups in total. The summed E-state index contributed by atoms with van der Waals surface area (Å²) in [5.74, 6) is -1.59. The molecule has 5 aromatic rings. The van der Waals surface area contributed by atoms with E-state index in [-0.39, 0.29) is 28.7 Å². The Bertz CT molecular complexity index is 2030. The molecule has 0 amide bonds. The number of nitriles is 1. The van der Waals surface area contributed by atoms with Crippen LogP contribution in [-0.4, -0.2) is 20.3 Å². The number of hydrogen-bond acceptors (Lipinski definition) is 6. The maximum absolute atomic E-state index is 15.9. The summed E-state index contributed by atoms with van der Waals surface area (Å²) < 4.78 is 46.0. The number of carbonyl (C=O) groups is 1. The highest BCUT2D eigenvalue weighted by molar-refractivity contribution is 6.30. The van der Waals surface area contributed by atoms with Gasteiger partial charge in [-0.25, -0.2) is 13.8 Å². The van der Waals surface area contributed by atoms with Gasteiger partial charge in [-0.1, -0.05) is 23.7 Å². The number of halogens is 3. The van der Waals surface area contributed by atoms with E-state index in [1.165, 1.54) is 25.3 Å². The minimum atomic E-state index is -1.26. The van der Waals surface area contributed by atoms with Crippen molar-refractivity contribution in [2.75, 3.05) is 0 Å². The molecule has 1 fully saturated rings. The third-order valence-electron chi connectivity index (χ3n) is 8.70. The lowest BCUT2D eigenvalue weighted by Crippen LogP contribution is -2.32. The average Bonchev–Trinajstić information content (AvgIpc) is 3.54. The molecule has 0 bridgehead atoms. The van der Waals surface area contributed by atoms with Crippen molar-refractivity contribution in [3.63, 3.8) is 0 Å². The topological polar surface area (TPSA) is 90.0 Å². The molecule has 7 nitrogen and oxygen atoms in total. The highest BCUT2D eigenvalue weighted by Gasteiger charge is 2.44. The number of benzene rings is 3. The molecule has 2 aromatic heterocycles. The van der Waals surface area contributed by atoms with E-state index in [1.54, 1.807) is 55.5 Å². The third kappa shape index (κ3) is 5.19. The van der Waals surface area contributed by atoms with Crippen LogP contribution in [0.15, 0.2) is 66.9 Å². The van der Waals surface area contributed by atoms with Crippen LogP contribution >= 0.6 is 11.6 Å². The Hall–Kier alpha value is -4.81. The molecule has 10 heteroatoms. The number of fused-ring (bicyclic) bond motifs is 2. The van der Waals surface area contributed by atoms with Gasteiger partial charge in [0, 0.05) is 54.6 Å². The summed E-state index contributed by atoms with van der Waals surface area (Å²) in [4.78, 5) is 21.2. The molecule has 0 radical (unpaired) electrons. The van der Waals surface area contributed by atoms with E-state index in [2.05, 4.69) is 11.1 Å². The zero-order valence-corrected chi connectivity index (χ0v) is 25.3. The van der Waals surface area contributed by atoms with Gasteiger partial charge in [0.15, 0.2) is 17.3 Å². The summed E-state index contributed by atoms with van der Waals surface area (Å²) in [6, 6.07) is 18.6. The van der Waals surface area contributed by atoms with Gasteiger partial charge in [0.05, 0.1) is 22.1 Å². The number of carbonyl (C=O) groups excluding carboxylic acids is 1. The first kappa shape index (κ1) is 28.9. The summed E-state index contributed by atoms with van der Waals surface area (Å²) in [5, 5.41) is 9.88. The van der Waals surface area contributed by atoms with E-state index in [1.807, 2.05) is 4.57 Å². The molecule has 0 saturated heterocycles. The van der Waals surface area contributed by atoms with Crippen molar-refractivity contribution < 1.29 is 23.0 Å². The van der Waals surface area contributed by atoms with Crippen molar-refractivity contribution in [1.29, 1.82) is 5.26 Å². The predicted molar refractivity (Wildman–Crippen MR) is 164 cm³/mol. The maximum Gasteiger partial charge on any atom is 0.292 e. The Morgan fingerprint density at radius 3 is 2.53 bits per heavy atom. The summed E-state index contributed by atoms with van der Waals surface area (Å²) >= 11 is 6.00. The largest absolute Gasteiger partial charge is 0.443 e. The van der Waals surface area contributed by atoms with E-state index < -0.39 is 17.4 Å². The monoisotopic (exact) mass is 624 g/mol. The molecule has 2 aliphatic rings. The number of aromatic nitrogens is 3. The Kier molecular flexibility index (Phi) is 6.86. The lowest BCUT2D eigenvalue weighted by Gasteiger charge is -2.22. The molecular weight excluding hydrogens is 598 g/mol. The van der Waals surface area contributed by atoms with E-state index >= 15 is 8.78 Å². The number of rotatable bonds is 8. The lowest BCUT2D eigenvalue weighted by molar-refractivity contribution is -0.0715. The smallest absolute Gasteiger partial charge is 0.292 e. The summed E-state index contributed by atoms with van der Waals surface area (Å²) in [7, 11) is 0. The van der Waals surface area contributed by atoms with Crippen molar-refractivity contribution in [3.8, 4) is 28.7 Å². The molecule has 3 heterocycles. The third-order valence-corrected chi connectivity index (χ3v) is 8.92. The standard InChI is InChI=1S/C35H27ClF2N4O3/c1-20(43)21-6-8-28-29(16-21)42(19-35(10-11-35)12-13-39)32(41-28)17-25-26(37)14-22(15-27(25)38)24-4-3-5-30-33(24)45-34(2,44-30)31-9-7-23(36)18-40-31/h3-9,14-16,18H,10-12,17,19H2,1-2H3. The number of imidazole rings is 1. The zero-order valence-electron chi connectivity index (χ0n) is 24.5. The van der Waals surface area contributed by atoms with E-state index in [4.69, 9.17) is 26.1 Å². The second kappa shape index (κ2) is 10.7. The van der Waals surface area contributed by atoms with Crippen LogP contribution in [0, 0.1) is 28.4 Å². The number of Topliss-reactive ketones (excluding diaryl/α,β-unsaturated/α-hetero) is 1. The van der Waals surface area contributed by atoms with Gasteiger partial charge < -0.3 is 14.0 Å². The Morgan fingerprint density at radius 2 is 1.87 bits per heavy atom. The second-order valence-corrected chi connectivity index (χ2v) is 12.4. The minimum absolute atomic E-state index is 0.0939. The first-order valence-corrected chi connectivity index (χ1v) is 14.9. The van der Waals surface area contributed by atoms with Crippen LogP contribution in [0.4, 0.5) is 8.78 Å². The van der Waals surface area contributed by atoms with E-state index in [9.17, 15) is 10.1 Å². The quantitative estimate of drug-likeness (QED) is 0.162. The number of hydrogen-bond donors (Lipinski definition) is 0. The fourth-order valence-corrected chi connectivity index (χ4v) is 6.07. The van der Waals surface area contributed by atoms with Gasteiger partial charge in [-0.05, 0) is 73.9 Å². The van der Waals surface area contributed by atoms with Gasteiger partial charge in [-0.2, -0.15) is 5.26 Å². The summed E-state index contributed by atoms with van der Waals surface area (Å²) in [6.45, 7) is 3.68. The van der Waals surface area contributed by atoms with E-state index in [0.29, 0.717) is 63.2 Å². The Morgan fingerprint density at radius 1 is 1.09 bits per heavy atom.